The molecule has 80 valence electrons. The van der Waals surface area contributed by atoms with Gasteiger partial charge in [0.05, 0.1) is 5.38 Å². The molecule has 0 saturated heterocycles. The smallest absolute Gasteiger partial charge is 0.0521 e. The van der Waals surface area contributed by atoms with E-state index < -0.39 is 0 Å². The van der Waals surface area contributed by atoms with Crippen LogP contribution in [-0.2, 0) is 0 Å². The maximum Gasteiger partial charge on any atom is 0.0521 e. The molecule has 0 saturated carbocycles. The summed E-state index contributed by atoms with van der Waals surface area (Å²) in [7, 11) is 0. The van der Waals surface area contributed by atoms with Crippen molar-refractivity contribution >= 4 is 17.2 Å². The van der Waals surface area contributed by atoms with E-state index in [9.17, 15) is 0 Å². The number of hydrogen-bond donors (Lipinski definition) is 0. The largest absolute Gasteiger partial charge is 0.264 e. The van der Waals surface area contributed by atoms with Gasteiger partial charge in [-0.25, -0.2) is 0 Å². The van der Waals surface area contributed by atoms with Crippen LogP contribution in [0.5, 0.6) is 0 Å². The van der Waals surface area contributed by atoms with Gasteiger partial charge in [0.15, 0.2) is 0 Å². The molecule has 1 heterocycles. The Morgan fingerprint density at radius 3 is 3.07 bits per heavy atom. The van der Waals surface area contributed by atoms with Gasteiger partial charge >= 0.3 is 0 Å². The Kier molecular flexibility index (Phi) is 3.42. The van der Waals surface area contributed by atoms with Crippen LogP contribution >= 0.6 is 11.6 Å². The summed E-state index contributed by atoms with van der Waals surface area (Å²) in [5, 5.41) is 0.196. The average molecular weight is 222 g/mol. The van der Waals surface area contributed by atoms with Crippen molar-refractivity contribution in [2.45, 2.75) is 38.0 Å². The molecule has 1 atom stereocenters. The highest BCUT2D eigenvalue weighted by molar-refractivity contribution is 6.22. The number of rotatable bonds is 1. The highest BCUT2D eigenvalue weighted by Gasteiger charge is 2.12. The van der Waals surface area contributed by atoms with Gasteiger partial charge in [0.2, 0.25) is 0 Å². The maximum atomic E-state index is 6.22. The molecule has 0 radical (unpaired) electrons. The lowest BCUT2D eigenvalue weighted by molar-refractivity contribution is 0.724. The lowest BCUT2D eigenvalue weighted by Gasteiger charge is -2.08. The van der Waals surface area contributed by atoms with Gasteiger partial charge in [-0.3, -0.25) is 4.98 Å². The van der Waals surface area contributed by atoms with Crippen LogP contribution in [0.15, 0.2) is 24.5 Å². The third-order valence-electron chi connectivity index (χ3n) is 2.94. The molecule has 0 bridgehead atoms. The van der Waals surface area contributed by atoms with Gasteiger partial charge in [-0.05, 0) is 49.0 Å². The molecule has 15 heavy (non-hydrogen) atoms. The molecule has 1 aliphatic rings. The highest BCUT2D eigenvalue weighted by atomic mass is 35.5. The Morgan fingerprint density at radius 2 is 2.27 bits per heavy atom. The van der Waals surface area contributed by atoms with E-state index in [2.05, 4.69) is 24.1 Å². The topological polar surface area (TPSA) is 12.9 Å². The number of allylic oxidation sites excluding steroid dienone is 2. The summed E-state index contributed by atoms with van der Waals surface area (Å²) in [5.74, 6) is 0. The van der Waals surface area contributed by atoms with Gasteiger partial charge in [0, 0.05) is 12.4 Å². The van der Waals surface area contributed by atoms with Crippen LogP contribution in [0.2, 0.25) is 0 Å². The number of nitrogens with zero attached hydrogens (tertiary/aromatic N) is 1. The molecule has 0 aliphatic heterocycles. The SMILES string of the molecule is Cc1ccncc1C1=CC(Cl)CCCC1. The summed E-state index contributed by atoms with van der Waals surface area (Å²) < 4.78 is 0. The van der Waals surface area contributed by atoms with Gasteiger partial charge in [-0.1, -0.05) is 12.5 Å². The predicted molar refractivity (Wildman–Crippen MR) is 65.1 cm³/mol. The van der Waals surface area contributed by atoms with Crippen LogP contribution in [0, 0.1) is 6.92 Å². The van der Waals surface area contributed by atoms with E-state index in [1.54, 1.807) is 0 Å². The van der Waals surface area contributed by atoms with Crippen molar-refractivity contribution in [1.82, 2.24) is 4.98 Å². The monoisotopic (exact) mass is 221 g/mol. The van der Waals surface area contributed by atoms with Gasteiger partial charge in [0.25, 0.3) is 0 Å². The minimum Gasteiger partial charge on any atom is -0.264 e. The van der Waals surface area contributed by atoms with E-state index >= 15 is 0 Å². The molecular weight excluding hydrogens is 206 g/mol. The summed E-state index contributed by atoms with van der Waals surface area (Å²) in [5.41, 5.74) is 3.94. The molecule has 0 N–H and O–H groups in total. The fourth-order valence-electron chi connectivity index (χ4n) is 2.06. The van der Waals surface area contributed by atoms with Gasteiger partial charge in [-0.15, -0.1) is 11.6 Å². The molecule has 1 aromatic rings. The lowest BCUT2D eigenvalue weighted by Crippen LogP contribution is -1.93. The molecular formula is C13H16ClN. The zero-order chi connectivity index (χ0) is 10.7. The van der Waals surface area contributed by atoms with Crippen LogP contribution in [0.1, 0.15) is 36.8 Å². The maximum absolute atomic E-state index is 6.22. The summed E-state index contributed by atoms with van der Waals surface area (Å²) in [6.45, 7) is 2.13. The fourth-order valence-corrected chi connectivity index (χ4v) is 2.37. The van der Waals surface area contributed by atoms with Gasteiger partial charge in [0.1, 0.15) is 0 Å². The molecule has 1 aliphatic carbocycles. The zero-order valence-electron chi connectivity index (χ0n) is 9.04. The van der Waals surface area contributed by atoms with Crippen molar-refractivity contribution in [3.05, 3.63) is 35.7 Å². The summed E-state index contributed by atoms with van der Waals surface area (Å²) >= 11 is 6.22. The van der Waals surface area contributed by atoms with Crippen LogP contribution in [0.3, 0.4) is 0 Å². The van der Waals surface area contributed by atoms with Crippen LogP contribution in [0.4, 0.5) is 0 Å². The van der Waals surface area contributed by atoms with Crippen molar-refractivity contribution in [3.63, 3.8) is 0 Å². The summed E-state index contributed by atoms with van der Waals surface area (Å²) in [6, 6.07) is 2.06. The number of halogens is 1. The molecule has 1 unspecified atom stereocenters. The summed E-state index contributed by atoms with van der Waals surface area (Å²) in [6.07, 6.45) is 10.7. The van der Waals surface area contributed by atoms with E-state index in [4.69, 9.17) is 11.6 Å². The first-order valence-corrected chi connectivity index (χ1v) is 5.97. The molecule has 1 aromatic heterocycles. The van der Waals surface area contributed by atoms with Crippen molar-refractivity contribution < 1.29 is 0 Å². The van der Waals surface area contributed by atoms with E-state index in [1.807, 2.05) is 12.4 Å². The second kappa shape index (κ2) is 4.80. The van der Waals surface area contributed by atoms with Crippen LogP contribution in [-0.4, -0.2) is 10.4 Å². The first-order chi connectivity index (χ1) is 7.27. The normalized spacial score (nSPS) is 22.0. The first-order valence-electron chi connectivity index (χ1n) is 5.53. The number of aryl methyl sites for hydroxylation is 1. The number of hydrogen-bond acceptors (Lipinski definition) is 1. The molecule has 0 aromatic carbocycles. The number of pyridine rings is 1. The van der Waals surface area contributed by atoms with Crippen molar-refractivity contribution in [3.8, 4) is 0 Å². The molecule has 2 rings (SSSR count). The standard InChI is InChI=1S/C13H16ClN/c1-10-6-7-15-9-13(10)11-4-2-3-5-12(14)8-11/h6-9,12H,2-5H2,1H3. The minimum absolute atomic E-state index is 0.196. The third-order valence-corrected chi connectivity index (χ3v) is 3.29. The Labute approximate surface area is 96.2 Å². The highest BCUT2D eigenvalue weighted by Crippen LogP contribution is 2.29. The minimum atomic E-state index is 0.196. The fraction of sp³-hybridized carbons (Fsp3) is 0.462. The molecule has 0 spiro atoms. The van der Waals surface area contributed by atoms with Crippen molar-refractivity contribution in [2.24, 2.45) is 0 Å². The van der Waals surface area contributed by atoms with E-state index in [0.29, 0.717) is 0 Å². The average Bonchev–Trinajstić information content (AvgIpc) is 2.43. The second-order valence-electron chi connectivity index (χ2n) is 4.14. The van der Waals surface area contributed by atoms with Crippen molar-refractivity contribution in [2.75, 3.05) is 0 Å². The molecule has 1 nitrogen and oxygen atoms in total. The van der Waals surface area contributed by atoms with E-state index in [0.717, 1.165) is 12.8 Å². The Hall–Kier alpha value is -0.820. The lowest BCUT2D eigenvalue weighted by atomic mass is 9.99. The predicted octanol–water partition coefficient (Wildman–Crippen LogP) is 3.95. The van der Waals surface area contributed by atoms with Crippen LogP contribution in [0.25, 0.3) is 5.57 Å². The van der Waals surface area contributed by atoms with Crippen LogP contribution < -0.4 is 0 Å². The van der Waals surface area contributed by atoms with Gasteiger partial charge in [-0.2, -0.15) is 0 Å². The van der Waals surface area contributed by atoms with E-state index in [1.165, 1.54) is 29.5 Å². The molecule has 0 fully saturated rings. The Morgan fingerprint density at radius 1 is 1.40 bits per heavy atom. The first kappa shape index (κ1) is 10.7. The quantitative estimate of drug-likeness (QED) is 0.655. The van der Waals surface area contributed by atoms with E-state index in [-0.39, 0.29) is 5.38 Å². The zero-order valence-corrected chi connectivity index (χ0v) is 9.80. The molecule has 0 amide bonds. The second-order valence-corrected chi connectivity index (χ2v) is 4.70. The number of aromatic nitrogens is 1. The molecule has 2 heteroatoms. The van der Waals surface area contributed by atoms with Gasteiger partial charge < -0.3 is 0 Å². The van der Waals surface area contributed by atoms with Crippen molar-refractivity contribution in [1.29, 1.82) is 0 Å². The third kappa shape index (κ3) is 2.60. The Bertz CT molecular complexity index is 371. The number of alkyl halides is 1. The summed E-state index contributed by atoms with van der Waals surface area (Å²) in [4.78, 5) is 4.19. The Balaban J connectivity index is 2.33.